The van der Waals surface area contributed by atoms with Crippen LogP contribution in [0, 0.1) is 6.92 Å². The normalized spacial score (nSPS) is 18.3. The largest absolute Gasteiger partial charge is 0.398 e. The molecular formula is C21H28N4. The smallest absolute Gasteiger partial charge is 0.126 e. The van der Waals surface area contributed by atoms with Crippen LogP contribution in [0.4, 0.5) is 11.5 Å². The van der Waals surface area contributed by atoms with Crippen LogP contribution in [0.5, 0.6) is 0 Å². The van der Waals surface area contributed by atoms with E-state index in [-0.39, 0.29) is 0 Å². The number of likely N-dealkylation sites (tertiary alicyclic amines) is 1. The number of aryl methyl sites for hydroxylation is 2. The Morgan fingerprint density at radius 2 is 2.00 bits per heavy atom. The quantitative estimate of drug-likeness (QED) is 0.840. The minimum atomic E-state index is 0.511. The summed E-state index contributed by atoms with van der Waals surface area (Å²) in [4.78, 5) is 6.93. The summed E-state index contributed by atoms with van der Waals surface area (Å²) in [7, 11) is 2.19. The van der Waals surface area contributed by atoms with Crippen LogP contribution in [-0.4, -0.2) is 36.1 Å². The van der Waals surface area contributed by atoms with Gasteiger partial charge in [-0.15, -0.1) is 0 Å². The number of nitrogens with one attached hydrogen (secondary N) is 1. The molecule has 1 aliphatic carbocycles. The number of anilines is 2. The monoisotopic (exact) mass is 336 g/mol. The topological polar surface area (TPSA) is 54.2 Å². The maximum atomic E-state index is 6.57. The summed E-state index contributed by atoms with van der Waals surface area (Å²) < 4.78 is 0. The Balaban J connectivity index is 1.62. The van der Waals surface area contributed by atoms with Crippen molar-refractivity contribution in [1.82, 2.24) is 9.88 Å². The third kappa shape index (κ3) is 3.23. The van der Waals surface area contributed by atoms with E-state index in [2.05, 4.69) is 47.4 Å². The van der Waals surface area contributed by atoms with E-state index >= 15 is 0 Å². The van der Waals surface area contributed by atoms with Crippen LogP contribution in [-0.2, 0) is 12.8 Å². The molecule has 1 aromatic carbocycles. The van der Waals surface area contributed by atoms with E-state index in [4.69, 9.17) is 5.73 Å². The lowest BCUT2D eigenvalue weighted by atomic mass is 9.93. The van der Waals surface area contributed by atoms with Crippen LogP contribution in [0.2, 0.25) is 0 Å². The molecule has 4 rings (SSSR count). The molecular weight excluding hydrogens is 308 g/mol. The van der Waals surface area contributed by atoms with E-state index in [1.165, 1.54) is 53.5 Å². The summed E-state index contributed by atoms with van der Waals surface area (Å²) in [5.41, 5.74) is 14.0. The Hall–Kier alpha value is -2.07. The van der Waals surface area contributed by atoms with Crippen molar-refractivity contribution in [3.8, 4) is 11.1 Å². The van der Waals surface area contributed by atoms with Crippen molar-refractivity contribution in [2.24, 2.45) is 0 Å². The van der Waals surface area contributed by atoms with Crippen LogP contribution in [0.3, 0.4) is 0 Å². The molecule has 2 heterocycles. The molecule has 0 atom stereocenters. The maximum Gasteiger partial charge on any atom is 0.126 e. The first-order valence-electron chi connectivity index (χ1n) is 9.44. The lowest BCUT2D eigenvalue weighted by Crippen LogP contribution is -2.36. The summed E-state index contributed by atoms with van der Waals surface area (Å²) in [5, 5.41) is 3.62. The molecule has 4 nitrogen and oxygen atoms in total. The lowest BCUT2D eigenvalue weighted by molar-refractivity contribution is 0.263. The SMILES string of the molecule is Cc1cc2c(c(N)c1-c1ccnc(NC3CCN(C)CC3)c1)CCC2. The molecule has 1 aliphatic heterocycles. The van der Waals surface area contributed by atoms with Gasteiger partial charge in [-0.1, -0.05) is 6.07 Å². The standard InChI is InChI=1S/C21H28N4/c1-14-12-15-4-3-5-18(15)21(22)20(14)16-6-9-23-19(13-16)24-17-7-10-25(2)11-8-17/h6,9,12-13,17H,3-5,7-8,10-11,22H2,1-2H3,(H,23,24). The second kappa shape index (κ2) is 6.68. The number of nitrogens with two attached hydrogens (primary N) is 1. The van der Waals surface area contributed by atoms with Gasteiger partial charge in [-0.25, -0.2) is 4.98 Å². The van der Waals surface area contributed by atoms with Gasteiger partial charge in [-0.05, 0) is 93.6 Å². The molecule has 4 heteroatoms. The highest BCUT2D eigenvalue weighted by atomic mass is 15.1. The lowest BCUT2D eigenvalue weighted by Gasteiger charge is -2.29. The first-order valence-corrected chi connectivity index (χ1v) is 9.44. The average Bonchev–Trinajstić information content (AvgIpc) is 3.06. The molecule has 1 aromatic heterocycles. The number of hydrogen-bond donors (Lipinski definition) is 2. The van der Waals surface area contributed by atoms with Gasteiger partial charge in [-0.2, -0.15) is 0 Å². The van der Waals surface area contributed by atoms with Gasteiger partial charge in [-0.3, -0.25) is 0 Å². The zero-order valence-corrected chi connectivity index (χ0v) is 15.3. The Labute approximate surface area is 150 Å². The summed E-state index contributed by atoms with van der Waals surface area (Å²) in [6.45, 7) is 4.47. The molecule has 0 amide bonds. The predicted octanol–water partition coefficient (Wildman–Crippen LogP) is 3.63. The molecule has 25 heavy (non-hydrogen) atoms. The highest BCUT2D eigenvalue weighted by Gasteiger charge is 2.20. The van der Waals surface area contributed by atoms with Crippen LogP contribution in [0.1, 0.15) is 36.0 Å². The van der Waals surface area contributed by atoms with Gasteiger partial charge >= 0.3 is 0 Å². The predicted molar refractivity (Wildman–Crippen MR) is 105 cm³/mol. The number of piperidine rings is 1. The molecule has 132 valence electrons. The maximum absolute atomic E-state index is 6.57. The van der Waals surface area contributed by atoms with E-state index < -0.39 is 0 Å². The van der Waals surface area contributed by atoms with Gasteiger partial charge < -0.3 is 16.0 Å². The number of pyridine rings is 1. The van der Waals surface area contributed by atoms with Gasteiger partial charge in [0.1, 0.15) is 5.82 Å². The second-order valence-corrected chi connectivity index (χ2v) is 7.63. The van der Waals surface area contributed by atoms with Crippen molar-refractivity contribution in [1.29, 1.82) is 0 Å². The zero-order chi connectivity index (χ0) is 17.4. The molecule has 1 saturated heterocycles. The number of aromatic nitrogens is 1. The van der Waals surface area contributed by atoms with Gasteiger partial charge in [0.05, 0.1) is 0 Å². The molecule has 0 radical (unpaired) electrons. The van der Waals surface area contributed by atoms with E-state index in [1.807, 2.05) is 6.20 Å². The molecule has 2 aromatic rings. The van der Waals surface area contributed by atoms with E-state index in [9.17, 15) is 0 Å². The molecule has 1 fully saturated rings. The Kier molecular flexibility index (Phi) is 4.38. The molecule has 0 bridgehead atoms. The fraction of sp³-hybridized carbons (Fsp3) is 0.476. The van der Waals surface area contributed by atoms with Crippen molar-refractivity contribution in [3.63, 3.8) is 0 Å². The van der Waals surface area contributed by atoms with Gasteiger partial charge in [0, 0.05) is 23.5 Å². The third-order valence-corrected chi connectivity index (χ3v) is 5.76. The van der Waals surface area contributed by atoms with Crippen LogP contribution < -0.4 is 11.1 Å². The minimum Gasteiger partial charge on any atom is -0.398 e. The van der Waals surface area contributed by atoms with Crippen molar-refractivity contribution in [2.45, 2.75) is 45.1 Å². The number of benzene rings is 1. The summed E-state index contributed by atoms with van der Waals surface area (Å²) in [6.07, 6.45) is 7.74. The third-order valence-electron chi connectivity index (χ3n) is 5.76. The Morgan fingerprint density at radius 1 is 1.20 bits per heavy atom. The number of nitrogen functional groups attached to an aromatic ring is 1. The highest BCUT2D eigenvalue weighted by Crippen LogP contribution is 2.38. The first kappa shape index (κ1) is 16.4. The summed E-state index contributed by atoms with van der Waals surface area (Å²) >= 11 is 0. The zero-order valence-electron chi connectivity index (χ0n) is 15.3. The van der Waals surface area contributed by atoms with Crippen LogP contribution >= 0.6 is 0 Å². The van der Waals surface area contributed by atoms with E-state index in [0.29, 0.717) is 6.04 Å². The fourth-order valence-electron chi connectivity index (χ4n) is 4.34. The number of fused-ring (bicyclic) bond motifs is 1. The minimum absolute atomic E-state index is 0.511. The van der Waals surface area contributed by atoms with E-state index in [0.717, 1.165) is 31.0 Å². The molecule has 0 unspecified atom stereocenters. The second-order valence-electron chi connectivity index (χ2n) is 7.63. The van der Waals surface area contributed by atoms with Gasteiger partial charge in [0.25, 0.3) is 0 Å². The fourth-order valence-corrected chi connectivity index (χ4v) is 4.34. The van der Waals surface area contributed by atoms with Crippen LogP contribution in [0.25, 0.3) is 11.1 Å². The molecule has 0 spiro atoms. The summed E-state index contributed by atoms with van der Waals surface area (Å²) in [6, 6.07) is 7.09. The Morgan fingerprint density at radius 3 is 2.80 bits per heavy atom. The van der Waals surface area contributed by atoms with Gasteiger partial charge in [0.15, 0.2) is 0 Å². The highest BCUT2D eigenvalue weighted by molar-refractivity contribution is 5.83. The van der Waals surface area contributed by atoms with Gasteiger partial charge in [0.2, 0.25) is 0 Å². The summed E-state index contributed by atoms with van der Waals surface area (Å²) in [5.74, 6) is 0.964. The number of rotatable bonds is 3. The van der Waals surface area contributed by atoms with E-state index in [1.54, 1.807) is 0 Å². The average molecular weight is 336 g/mol. The molecule has 3 N–H and O–H groups in total. The van der Waals surface area contributed by atoms with Crippen molar-refractivity contribution in [3.05, 3.63) is 41.1 Å². The van der Waals surface area contributed by atoms with Crippen molar-refractivity contribution >= 4 is 11.5 Å². The molecule has 2 aliphatic rings. The Bertz CT molecular complexity index is 776. The van der Waals surface area contributed by atoms with Crippen LogP contribution in [0.15, 0.2) is 24.4 Å². The van der Waals surface area contributed by atoms with Crippen molar-refractivity contribution < 1.29 is 0 Å². The molecule has 0 saturated carbocycles. The number of nitrogens with zero attached hydrogens (tertiary/aromatic N) is 2. The number of hydrogen-bond acceptors (Lipinski definition) is 4. The first-order chi connectivity index (χ1) is 12.1. The van der Waals surface area contributed by atoms with Crippen molar-refractivity contribution in [2.75, 3.05) is 31.2 Å².